The number of nitrogens with zero attached hydrogens (tertiary/aromatic N) is 4. The van der Waals surface area contributed by atoms with Gasteiger partial charge in [-0.25, -0.2) is 9.78 Å². The maximum absolute atomic E-state index is 13.3. The van der Waals surface area contributed by atoms with Gasteiger partial charge < -0.3 is 19.4 Å². The molecule has 3 aliphatic rings. The summed E-state index contributed by atoms with van der Waals surface area (Å²) in [7, 11) is 0. The smallest absolute Gasteiger partial charge is 0.410 e. The number of aromatic nitrogens is 1. The van der Waals surface area contributed by atoms with Gasteiger partial charge in [-0.05, 0) is 52.4 Å². The Morgan fingerprint density at radius 3 is 2.52 bits per heavy atom. The lowest BCUT2D eigenvalue weighted by Gasteiger charge is -2.38. The molecule has 0 N–H and O–H groups in total. The number of thiazole rings is 1. The van der Waals surface area contributed by atoms with Gasteiger partial charge in [-0.3, -0.25) is 4.79 Å². The summed E-state index contributed by atoms with van der Waals surface area (Å²) < 4.78 is 5.53. The van der Waals surface area contributed by atoms with Crippen LogP contribution in [-0.4, -0.2) is 71.2 Å². The second-order valence-electron chi connectivity index (χ2n) is 9.14. The molecule has 0 radical (unpaired) electrons. The first-order valence-electron chi connectivity index (χ1n) is 10.4. The van der Waals surface area contributed by atoms with Crippen molar-refractivity contribution in [3.05, 3.63) is 10.0 Å². The summed E-state index contributed by atoms with van der Waals surface area (Å²) >= 11 is 7.76. The maximum Gasteiger partial charge on any atom is 0.410 e. The molecule has 4 rings (SSSR count). The molecule has 3 fully saturated rings. The van der Waals surface area contributed by atoms with E-state index in [0.29, 0.717) is 35.6 Å². The highest BCUT2D eigenvalue weighted by Gasteiger charge is 2.43. The van der Waals surface area contributed by atoms with Crippen LogP contribution in [0, 0.1) is 5.92 Å². The SMILES string of the molecule is CC(C)(C)OC(=O)N1CCC2CCN(C(=O)c3sc(N4CCCC4)nc3Cl)C2C1. The molecule has 29 heavy (non-hydrogen) atoms. The molecule has 0 spiro atoms. The normalized spacial score (nSPS) is 24.8. The van der Waals surface area contributed by atoms with E-state index in [1.165, 1.54) is 11.3 Å². The Hall–Kier alpha value is -1.54. The van der Waals surface area contributed by atoms with E-state index >= 15 is 0 Å². The molecule has 0 saturated carbocycles. The second-order valence-corrected chi connectivity index (χ2v) is 10.5. The molecule has 2 amide bonds. The van der Waals surface area contributed by atoms with Gasteiger partial charge in [0.2, 0.25) is 0 Å². The molecule has 0 aromatic carbocycles. The van der Waals surface area contributed by atoms with Crippen molar-refractivity contribution in [1.82, 2.24) is 14.8 Å². The number of fused-ring (bicyclic) bond motifs is 1. The molecule has 9 heteroatoms. The van der Waals surface area contributed by atoms with Crippen molar-refractivity contribution in [2.75, 3.05) is 37.6 Å². The van der Waals surface area contributed by atoms with Gasteiger partial charge in [0.05, 0.1) is 6.04 Å². The van der Waals surface area contributed by atoms with Gasteiger partial charge in [-0.1, -0.05) is 22.9 Å². The molecule has 4 heterocycles. The third-order valence-corrected chi connectivity index (χ3v) is 7.41. The fourth-order valence-corrected chi connectivity index (χ4v) is 5.77. The first kappa shape index (κ1) is 20.7. The highest BCUT2D eigenvalue weighted by atomic mass is 35.5. The number of halogens is 1. The van der Waals surface area contributed by atoms with Crippen LogP contribution in [0.5, 0.6) is 0 Å². The Kier molecular flexibility index (Phi) is 5.68. The Balaban J connectivity index is 1.47. The molecule has 0 aliphatic carbocycles. The number of carbonyl (C=O) groups excluding carboxylic acids is 2. The Labute approximate surface area is 180 Å². The lowest BCUT2D eigenvalue weighted by Crippen LogP contribution is -2.52. The van der Waals surface area contributed by atoms with Gasteiger partial charge in [0.15, 0.2) is 10.3 Å². The highest BCUT2D eigenvalue weighted by molar-refractivity contribution is 7.18. The Morgan fingerprint density at radius 1 is 1.14 bits per heavy atom. The number of piperidine rings is 1. The van der Waals surface area contributed by atoms with Crippen molar-refractivity contribution in [3.63, 3.8) is 0 Å². The van der Waals surface area contributed by atoms with Gasteiger partial charge >= 0.3 is 6.09 Å². The predicted molar refractivity (Wildman–Crippen MR) is 114 cm³/mol. The van der Waals surface area contributed by atoms with Gasteiger partial charge in [0, 0.05) is 32.7 Å². The van der Waals surface area contributed by atoms with Crippen LogP contribution in [0.3, 0.4) is 0 Å². The van der Waals surface area contributed by atoms with Gasteiger partial charge in [-0.2, -0.15) is 0 Å². The lowest BCUT2D eigenvalue weighted by atomic mass is 9.92. The average Bonchev–Trinajstić information content (AvgIpc) is 3.38. The standard InChI is InChI=1S/C20H29ClN4O3S/c1-20(2,3)28-19(27)24-10-6-13-7-11-25(14(13)12-24)17(26)15-16(21)22-18(29-15)23-8-4-5-9-23/h13-14H,4-12H2,1-3H3. The summed E-state index contributed by atoms with van der Waals surface area (Å²) in [5.74, 6) is 0.360. The Morgan fingerprint density at radius 2 is 1.83 bits per heavy atom. The minimum atomic E-state index is -0.527. The van der Waals surface area contributed by atoms with Crippen molar-refractivity contribution < 1.29 is 14.3 Å². The quantitative estimate of drug-likeness (QED) is 0.698. The fraction of sp³-hybridized carbons (Fsp3) is 0.750. The lowest BCUT2D eigenvalue weighted by molar-refractivity contribution is 0.00992. The zero-order valence-electron chi connectivity index (χ0n) is 17.3. The van der Waals surface area contributed by atoms with E-state index in [1.54, 1.807) is 4.90 Å². The number of anilines is 1. The summed E-state index contributed by atoms with van der Waals surface area (Å²) in [5.41, 5.74) is -0.527. The van der Waals surface area contributed by atoms with Crippen molar-refractivity contribution in [2.45, 2.75) is 58.1 Å². The third-order valence-electron chi connectivity index (χ3n) is 5.92. The molecule has 2 atom stereocenters. The van der Waals surface area contributed by atoms with Crippen LogP contribution in [0.25, 0.3) is 0 Å². The van der Waals surface area contributed by atoms with Crippen molar-refractivity contribution >= 4 is 40.1 Å². The number of amides is 2. The summed E-state index contributed by atoms with van der Waals surface area (Å²) in [6.45, 7) is 9.43. The number of ether oxygens (including phenoxy) is 1. The minimum absolute atomic E-state index is 0.0113. The predicted octanol–water partition coefficient (Wildman–Crippen LogP) is 3.87. The van der Waals surface area contributed by atoms with Gasteiger partial charge in [0.25, 0.3) is 5.91 Å². The van der Waals surface area contributed by atoms with Crippen molar-refractivity contribution in [1.29, 1.82) is 0 Å². The van der Waals surface area contributed by atoms with Crippen LogP contribution < -0.4 is 4.90 Å². The van der Waals surface area contributed by atoms with Crippen LogP contribution in [0.2, 0.25) is 5.15 Å². The third kappa shape index (κ3) is 4.33. The maximum atomic E-state index is 13.3. The van der Waals surface area contributed by atoms with Gasteiger partial charge in [0.1, 0.15) is 10.5 Å². The topological polar surface area (TPSA) is 66.0 Å². The van der Waals surface area contributed by atoms with E-state index in [1.807, 2.05) is 25.7 Å². The summed E-state index contributed by atoms with van der Waals surface area (Å²) in [6.07, 6.45) is 3.85. The van der Waals surface area contributed by atoms with E-state index in [4.69, 9.17) is 16.3 Å². The zero-order valence-corrected chi connectivity index (χ0v) is 18.9. The van der Waals surface area contributed by atoms with E-state index in [0.717, 1.165) is 43.9 Å². The summed E-state index contributed by atoms with van der Waals surface area (Å²) in [6, 6.07) is 0.0113. The minimum Gasteiger partial charge on any atom is -0.444 e. The second kappa shape index (κ2) is 7.95. The molecule has 1 aromatic rings. The molecule has 160 valence electrons. The molecule has 0 bridgehead atoms. The number of likely N-dealkylation sites (tertiary alicyclic amines) is 2. The summed E-state index contributed by atoms with van der Waals surface area (Å²) in [5, 5.41) is 1.13. The number of hydrogen-bond donors (Lipinski definition) is 0. The van der Waals surface area contributed by atoms with E-state index < -0.39 is 5.60 Å². The fourth-order valence-electron chi connectivity index (χ4n) is 4.48. The average molecular weight is 441 g/mol. The molecular formula is C20H29ClN4O3S. The van der Waals surface area contributed by atoms with Crippen LogP contribution in [0.15, 0.2) is 0 Å². The van der Waals surface area contributed by atoms with Crippen molar-refractivity contribution in [2.24, 2.45) is 5.92 Å². The zero-order chi connectivity index (χ0) is 20.8. The van der Waals surface area contributed by atoms with Crippen LogP contribution in [0.4, 0.5) is 9.93 Å². The number of carbonyl (C=O) groups is 2. The Bertz CT molecular complexity index is 787. The highest BCUT2D eigenvalue weighted by Crippen LogP contribution is 2.37. The molecule has 7 nitrogen and oxygen atoms in total. The first-order valence-corrected chi connectivity index (χ1v) is 11.6. The summed E-state index contributed by atoms with van der Waals surface area (Å²) in [4.78, 5) is 36.6. The first-order chi connectivity index (χ1) is 13.7. The van der Waals surface area contributed by atoms with E-state index in [9.17, 15) is 9.59 Å². The van der Waals surface area contributed by atoms with Crippen LogP contribution >= 0.6 is 22.9 Å². The van der Waals surface area contributed by atoms with Crippen LogP contribution in [-0.2, 0) is 4.74 Å². The molecule has 1 aromatic heterocycles. The molecule has 3 saturated heterocycles. The van der Waals surface area contributed by atoms with E-state index in [-0.39, 0.29) is 18.0 Å². The molecular weight excluding hydrogens is 412 g/mol. The number of rotatable bonds is 2. The van der Waals surface area contributed by atoms with E-state index in [2.05, 4.69) is 9.88 Å². The monoisotopic (exact) mass is 440 g/mol. The molecule has 2 unspecified atom stereocenters. The van der Waals surface area contributed by atoms with Gasteiger partial charge in [-0.15, -0.1) is 0 Å². The largest absolute Gasteiger partial charge is 0.444 e. The number of hydrogen-bond acceptors (Lipinski definition) is 6. The van der Waals surface area contributed by atoms with Crippen LogP contribution in [0.1, 0.15) is 56.1 Å². The van der Waals surface area contributed by atoms with Crippen molar-refractivity contribution in [3.8, 4) is 0 Å². The molecule has 3 aliphatic heterocycles.